The molecule has 9 nitrogen and oxygen atoms in total. The van der Waals surface area contributed by atoms with Crippen molar-refractivity contribution in [2.24, 2.45) is 0 Å². The first-order valence-corrected chi connectivity index (χ1v) is 9.05. The van der Waals surface area contributed by atoms with Gasteiger partial charge in [-0.05, 0) is 30.7 Å². The van der Waals surface area contributed by atoms with E-state index >= 15 is 0 Å². The van der Waals surface area contributed by atoms with E-state index in [2.05, 4.69) is 15.0 Å². The summed E-state index contributed by atoms with van der Waals surface area (Å²) < 4.78 is 15.1. The van der Waals surface area contributed by atoms with Crippen molar-refractivity contribution in [3.05, 3.63) is 47.8 Å². The molecule has 1 saturated heterocycles. The number of furan rings is 2. The summed E-state index contributed by atoms with van der Waals surface area (Å²) in [7, 11) is 1.31. The van der Waals surface area contributed by atoms with Crippen molar-refractivity contribution in [3.63, 3.8) is 0 Å². The predicted molar refractivity (Wildman–Crippen MR) is 97.6 cm³/mol. The third-order valence-electron chi connectivity index (χ3n) is 4.51. The van der Waals surface area contributed by atoms with Gasteiger partial charge in [0.2, 0.25) is 11.7 Å². The minimum absolute atomic E-state index is 0.0692. The van der Waals surface area contributed by atoms with E-state index in [4.69, 9.17) is 8.83 Å². The summed E-state index contributed by atoms with van der Waals surface area (Å²) in [4.78, 5) is 39.6. The van der Waals surface area contributed by atoms with Gasteiger partial charge in [-0.1, -0.05) is 0 Å². The molecule has 0 unspecified atom stereocenters. The molecule has 0 atom stereocenters. The van der Waals surface area contributed by atoms with Crippen LogP contribution in [0.3, 0.4) is 0 Å². The SMILES string of the molecule is COC(=O)c1ccc(CN2CCCN(C(=O)CNC(=O)c3ccco3)CC2)o1. The number of hydrogen-bond acceptors (Lipinski definition) is 7. The van der Waals surface area contributed by atoms with Gasteiger partial charge in [0.25, 0.3) is 5.91 Å². The zero-order valence-corrected chi connectivity index (χ0v) is 15.7. The number of methoxy groups -OCH3 is 1. The van der Waals surface area contributed by atoms with Crippen molar-refractivity contribution in [3.8, 4) is 0 Å². The van der Waals surface area contributed by atoms with Crippen molar-refractivity contribution in [2.45, 2.75) is 13.0 Å². The van der Waals surface area contributed by atoms with Gasteiger partial charge in [0.05, 0.1) is 26.5 Å². The standard InChI is InChI=1S/C19H23N3O6/c1-26-19(25)16-6-5-14(28-16)13-21-7-3-8-22(10-9-21)17(23)12-20-18(24)15-4-2-11-27-15/h2,4-6,11H,3,7-10,12-13H2,1H3,(H,20,24). The first kappa shape index (κ1) is 19.7. The van der Waals surface area contributed by atoms with Gasteiger partial charge < -0.3 is 23.8 Å². The normalized spacial score (nSPS) is 15.1. The molecular formula is C19H23N3O6. The number of carbonyl (C=O) groups excluding carboxylic acids is 3. The number of hydrogen-bond donors (Lipinski definition) is 1. The minimum Gasteiger partial charge on any atom is -0.463 e. The van der Waals surface area contributed by atoms with Gasteiger partial charge in [0.15, 0.2) is 5.76 Å². The molecule has 1 fully saturated rings. The molecule has 2 aromatic heterocycles. The third-order valence-corrected chi connectivity index (χ3v) is 4.51. The van der Waals surface area contributed by atoms with Crippen LogP contribution in [-0.2, 0) is 16.1 Å². The lowest BCUT2D eigenvalue weighted by molar-refractivity contribution is -0.130. The quantitative estimate of drug-likeness (QED) is 0.738. The van der Waals surface area contributed by atoms with Crippen LogP contribution in [0.2, 0.25) is 0 Å². The Morgan fingerprint density at radius 2 is 1.96 bits per heavy atom. The highest BCUT2D eigenvalue weighted by molar-refractivity contribution is 5.94. The predicted octanol–water partition coefficient (Wildman–Crippen LogP) is 1.12. The molecule has 2 amide bonds. The van der Waals surface area contributed by atoms with Gasteiger partial charge in [0.1, 0.15) is 5.76 Å². The molecule has 0 aromatic carbocycles. The van der Waals surface area contributed by atoms with Crippen LogP contribution in [0.1, 0.15) is 33.3 Å². The summed E-state index contributed by atoms with van der Waals surface area (Å²) in [5.41, 5.74) is 0. The number of nitrogens with zero attached hydrogens (tertiary/aromatic N) is 2. The second-order valence-corrected chi connectivity index (χ2v) is 6.43. The largest absolute Gasteiger partial charge is 0.463 e. The highest BCUT2D eigenvalue weighted by Gasteiger charge is 2.21. The van der Waals surface area contributed by atoms with Crippen molar-refractivity contribution in [1.29, 1.82) is 0 Å². The number of esters is 1. The zero-order chi connectivity index (χ0) is 19.9. The van der Waals surface area contributed by atoms with E-state index < -0.39 is 11.9 Å². The summed E-state index contributed by atoms with van der Waals surface area (Å²) in [6.45, 7) is 3.13. The van der Waals surface area contributed by atoms with Crippen molar-refractivity contribution in [1.82, 2.24) is 15.1 Å². The summed E-state index contributed by atoms with van der Waals surface area (Å²) in [6.07, 6.45) is 2.22. The lowest BCUT2D eigenvalue weighted by Gasteiger charge is -2.21. The molecule has 0 spiro atoms. The average Bonchev–Trinajstić information content (AvgIpc) is 3.34. The van der Waals surface area contributed by atoms with E-state index in [0.717, 1.165) is 13.0 Å². The Morgan fingerprint density at radius 3 is 2.71 bits per heavy atom. The van der Waals surface area contributed by atoms with Gasteiger partial charge in [-0.25, -0.2) is 4.79 Å². The number of nitrogens with one attached hydrogen (secondary N) is 1. The fourth-order valence-corrected chi connectivity index (χ4v) is 3.03. The van der Waals surface area contributed by atoms with E-state index in [1.54, 1.807) is 29.2 Å². The van der Waals surface area contributed by atoms with Gasteiger partial charge in [-0.3, -0.25) is 14.5 Å². The van der Waals surface area contributed by atoms with Crippen LogP contribution in [0.25, 0.3) is 0 Å². The number of rotatable bonds is 6. The monoisotopic (exact) mass is 389 g/mol. The van der Waals surface area contributed by atoms with E-state index in [1.807, 2.05) is 0 Å². The number of ether oxygens (including phenoxy) is 1. The second kappa shape index (κ2) is 9.23. The molecule has 0 saturated carbocycles. The molecule has 3 rings (SSSR count). The van der Waals surface area contributed by atoms with Crippen LogP contribution in [0, 0.1) is 0 Å². The molecule has 1 N–H and O–H groups in total. The maximum atomic E-state index is 12.4. The van der Waals surface area contributed by atoms with E-state index in [9.17, 15) is 14.4 Å². The highest BCUT2D eigenvalue weighted by atomic mass is 16.5. The van der Waals surface area contributed by atoms with E-state index in [0.29, 0.717) is 31.9 Å². The van der Waals surface area contributed by atoms with Gasteiger partial charge >= 0.3 is 5.97 Å². The summed E-state index contributed by atoms with van der Waals surface area (Å²) in [6, 6.07) is 6.51. The van der Waals surface area contributed by atoms with Crippen LogP contribution >= 0.6 is 0 Å². The smallest absolute Gasteiger partial charge is 0.373 e. The second-order valence-electron chi connectivity index (χ2n) is 6.43. The maximum absolute atomic E-state index is 12.4. The third kappa shape index (κ3) is 5.01. The first-order chi connectivity index (χ1) is 13.6. The van der Waals surface area contributed by atoms with Crippen molar-refractivity contribution >= 4 is 17.8 Å². The summed E-state index contributed by atoms with van der Waals surface area (Å²) in [5, 5.41) is 2.58. The molecule has 28 heavy (non-hydrogen) atoms. The lowest BCUT2D eigenvalue weighted by Crippen LogP contribution is -2.41. The van der Waals surface area contributed by atoms with Gasteiger partial charge in [-0.15, -0.1) is 0 Å². The Morgan fingerprint density at radius 1 is 1.11 bits per heavy atom. The fraction of sp³-hybridized carbons (Fsp3) is 0.421. The van der Waals surface area contributed by atoms with Crippen molar-refractivity contribution in [2.75, 3.05) is 39.8 Å². The minimum atomic E-state index is -0.504. The van der Waals surface area contributed by atoms with Gasteiger partial charge in [0, 0.05) is 26.2 Å². The van der Waals surface area contributed by atoms with E-state index in [1.165, 1.54) is 13.4 Å². The molecule has 1 aliphatic heterocycles. The van der Waals surface area contributed by atoms with Crippen LogP contribution in [0.5, 0.6) is 0 Å². The lowest BCUT2D eigenvalue weighted by atomic mass is 10.3. The van der Waals surface area contributed by atoms with E-state index in [-0.39, 0.29) is 24.0 Å². The molecule has 1 aliphatic rings. The Kier molecular flexibility index (Phi) is 6.49. The highest BCUT2D eigenvalue weighted by Crippen LogP contribution is 2.13. The van der Waals surface area contributed by atoms with Crippen LogP contribution in [-0.4, -0.2) is 67.4 Å². The summed E-state index contributed by atoms with van der Waals surface area (Å²) in [5.74, 6) is -0.0147. The Labute approximate surface area is 162 Å². The maximum Gasteiger partial charge on any atom is 0.373 e. The van der Waals surface area contributed by atoms with Crippen molar-refractivity contribution < 1.29 is 28.0 Å². The topological polar surface area (TPSA) is 105 Å². The Hall–Kier alpha value is -3.07. The van der Waals surface area contributed by atoms with Crippen LogP contribution in [0.4, 0.5) is 0 Å². The molecule has 0 radical (unpaired) electrons. The fourth-order valence-electron chi connectivity index (χ4n) is 3.03. The molecule has 0 bridgehead atoms. The molecule has 2 aromatic rings. The molecule has 150 valence electrons. The molecule has 3 heterocycles. The number of amides is 2. The van der Waals surface area contributed by atoms with Crippen LogP contribution < -0.4 is 5.32 Å². The molecule has 9 heteroatoms. The van der Waals surface area contributed by atoms with Crippen LogP contribution in [0.15, 0.2) is 39.4 Å². The molecular weight excluding hydrogens is 366 g/mol. The number of carbonyl (C=O) groups is 3. The summed E-state index contributed by atoms with van der Waals surface area (Å²) >= 11 is 0. The average molecular weight is 389 g/mol. The Bertz CT molecular complexity index is 814. The Balaban J connectivity index is 1.46. The molecule has 0 aliphatic carbocycles. The zero-order valence-electron chi connectivity index (χ0n) is 15.7. The first-order valence-electron chi connectivity index (χ1n) is 9.05. The van der Waals surface area contributed by atoms with Gasteiger partial charge in [-0.2, -0.15) is 0 Å².